The summed E-state index contributed by atoms with van der Waals surface area (Å²) in [4.78, 5) is 17.2. The van der Waals surface area contributed by atoms with Crippen LogP contribution in [-0.4, -0.2) is 50.1 Å². The average molecular weight is 385 g/mol. The first kappa shape index (κ1) is 22.8. The van der Waals surface area contributed by atoms with Crippen molar-refractivity contribution < 1.29 is 14.0 Å². The van der Waals surface area contributed by atoms with Gasteiger partial charge in [0.05, 0.1) is 6.10 Å². The zero-order valence-electron chi connectivity index (χ0n) is 17.7. The van der Waals surface area contributed by atoms with Crippen molar-refractivity contribution in [1.82, 2.24) is 4.90 Å². The van der Waals surface area contributed by atoms with E-state index in [-0.39, 0.29) is 23.3 Å². The molecule has 26 heavy (non-hydrogen) atoms. The second-order valence-electron chi connectivity index (χ2n) is 9.62. The highest BCUT2D eigenvalue weighted by Gasteiger charge is 2.44. The Morgan fingerprint density at radius 2 is 1.88 bits per heavy atom. The molecule has 7 nitrogen and oxygen atoms in total. The van der Waals surface area contributed by atoms with Crippen LogP contribution in [0.15, 0.2) is 5.11 Å². The van der Waals surface area contributed by atoms with Crippen LogP contribution in [0.4, 0.5) is 4.79 Å². The first-order valence-electron chi connectivity index (χ1n) is 9.45. The van der Waals surface area contributed by atoms with E-state index in [2.05, 4.69) is 43.9 Å². The van der Waals surface area contributed by atoms with Crippen molar-refractivity contribution in [2.75, 3.05) is 13.1 Å². The highest BCUT2D eigenvalue weighted by molar-refractivity contribution is 6.74. The summed E-state index contributed by atoms with van der Waals surface area (Å²) in [6.07, 6.45) is 2.10. The normalized spacial score (nSPS) is 21.5. The second-order valence-corrected chi connectivity index (χ2v) is 14.4. The largest absolute Gasteiger partial charge is 0.444 e. The fraction of sp³-hybridized carbons (Fsp3) is 0.944. The summed E-state index contributed by atoms with van der Waals surface area (Å²) >= 11 is 0. The summed E-state index contributed by atoms with van der Waals surface area (Å²) in [7, 11) is -1.90. The van der Waals surface area contributed by atoms with E-state index in [1.807, 2.05) is 20.8 Å². The lowest BCUT2D eigenvalue weighted by atomic mass is 10.1. The number of nitrogens with zero attached hydrogens (tertiary/aromatic N) is 4. The standard InChI is InChI=1S/C18H36N4O3Si/c1-17(2,3)24-16(23)22-13-15(25-26(7,8)18(4,5)6)12-14(22)10-9-11-20-21-19/h14-15H,9-13H2,1-8H3/t14-,15-/m1/s1. The number of carbonyl (C=O) groups excluding carboxylic acids is 1. The minimum Gasteiger partial charge on any atom is -0.444 e. The summed E-state index contributed by atoms with van der Waals surface area (Å²) in [5.74, 6) is 0. The van der Waals surface area contributed by atoms with Crippen LogP contribution < -0.4 is 0 Å². The SMILES string of the molecule is CC(C)(C)OC(=O)N1C[C@H](O[Si](C)(C)C(C)(C)C)C[C@H]1CCCN=[N+]=[N-]. The summed E-state index contributed by atoms with van der Waals surface area (Å²) in [5.41, 5.74) is 7.91. The molecule has 150 valence electrons. The molecule has 8 heteroatoms. The zero-order valence-corrected chi connectivity index (χ0v) is 18.7. The van der Waals surface area contributed by atoms with E-state index in [1.165, 1.54) is 0 Å². The van der Waals surface area contributed by atoms with Crippen molar-refractivity contribution in [3.05, 3.63) is 10.4 Å². The molecule has 1 aliphatic heterocycles. The smallest absolute Gasteiger partial charge is 0.410 e. The highest BCUT2D eigenvalue weighted by atomic mass is 28.4. The van der Waals surface area contributed by atoms with Gasteiger partial charge >= 0.3 is 6.09 Å². The molecule has 0 spiro atoms. The predicted octanol–water partition coefficient (Wildman–Crippen LogP) is 5.48. The van der Waals surface area contributed by atoms with Crippen molar-refractivity contribution in [1.29, 1.82) is 0 Å². The van der Waals surface area contributed by atoms with Gasteiger partial charge in [-0.25, -0.2) is 4.79 Å². The minimum atomic E-state index is -1.90. The van der Waals surface area contributed by atoms with Crippen LogP contribution in [0.3, 0.4) is 0 Å². The van der Waals surface area contributed by atoms with E-state index in [1.54, 1.807) is 4.90 Å². The number of azide groups is 1. The number of likely N-dealkylation sites (tertiary alicyclic amines) is 1. The molecule has 0 radical (unpaired) electrons. The Kier molecular flexibility index (Phi) is 7.57. The van der Waals surface area contributed by atoms with Gasteiger partial charge in [-0.1, -0.05) is 25.9 Å². The molecule has 1 rings (SSSR count). The third kappa shape index (κ3) is 6.82. The van der Waals surface area contributed by atoms with Crippen molar-refractivity contribution in [2.45, 2.75) is 96.7 Å². The monoisotopic (exact) mass is 384 g/mol. The fourth-order valence-corrected chi connectivity index (χ4v) is 4.17. The maximum Gasteiger partial charge on any atom is 0.410 e. The van der Waals surface area contributed by atoms with Gasteiger partial charge in [0.2, 0.25) is 0 Å². The van der Waals surface area contributed by atoms with Crippen LogP contribution in [0.2, 0.25) is 18.1 Å². The molecule has 1 heterocycles. The van der Waals surface area contributed by atoms with Crippen molar-refractivity contribution >= 4 is 14.4 Å². The van der Waals surface area contributed by atoms with Crippen LogP contribution in [-0.2, 0) is 9.16 Å². The summed E-state index contributed by atoms with van der Waals surface area (Å²) < 4.78 is 12.1. The molecule has 0 aromatic carbocycles. The van der Waals surface area contributed by atoms with Crippen LogP contribution >= 0.6 is 0 Å². The van der Waals surface area contributed by atoms with Gasteiger partial charge in [0.1, 0.15) is 5.60 Å². The van der Waals surface area contributed by atoms with Crippen LogP contribution in [0.25, 0.3) is 10.4 Å². The molecule has 0 aromatic rings. The Labute approximate surface area is 159 Å². The third-order valence-electron chi connectivity index (χ3n) is 5.13. The van der Waals surface area contributed by atoms with Gasteiger partial charge in [0.25, 0.3) is 0 Å². The Balaban J connectivity index is 2.83. The number of hydrogen-bond acceptors (Lipinski definition) is 4. The molecule has 2 atom stereocenters. The molecule has 1 aliphatic rings. The maximum absolute atomic E-state index is 12.6. The Morgan fingerprint density at radius 1 is 1.27 bits per heavy atom. The summed E-state index contributed by atoms with van der Waals surface area (Å²) in [5, 5.41) is 3.72. The highest BCUT2D eigenvalue weighted by Crippen LogP contribution is 2.39. The molecule has 0 saturated carbocycles. The Bertz CT molecular complexity index is 534. The zero-order chi connectivity index (χ0) is 20.2. The van der Waals surface area contributed by atoms with E-state index in [0.29, 0.717) is 13.1 Å². The number of carbonyl (C=O) groups is 1. The van der Waals surface area contributed by atoms with Gasteiger partial charge in [0, 0.05) is 24.0 Å². The number of amides is 1. The lowest BCUT2D eigenvalue weighted by molar-refractivity contribution is 0.0204. The fourth-order valence-electron chi connectivity index (χ4n) is 2.81. The predicted molar refractivity (Wildman–Crippen MR) is 107 cm³/mol. The van der Waals surface area contributed by atoms with Crippen molar-refractivity contribution in [3.8, 4) is 0 Å². The quantitative estimate of drug-likeness (QED) is 0.200. The number of ether oxygens (including phenoxy) is 1. The second kappa shape index (κ2) is 8.63. The number of rotatable bonds is 6. The molecule has 0 N–H and O–H groups in total. The Morgan fingerprint density at radius 3 is 2.38 bits per heavy atom. The van der Waals surface area contributed by atoms with Gasteiger partial charge in [-0.15, -0.1) is 0 Å². The minimum absolute atomic E-state index is 0.0351. The van der Waals surface area contributed by atoms with E-state index in [0.717, 1.165) is 19.3 Å². The van der Waals surface area contributed by atoms with E-state index in [4.69, 9.17) is 14.7 Å². The van der Waals surface area contributed by atoms with Crippen LogP contribution in [0, 0.1) is 0 Å². The van der Waals surface area contributed by atoms with E-state index >= 15 is 0 Å². The average Bonchev–Trinajstić information content (AvgIpc) is 2.83. The summed E-state index contributed by atoms with van der Waals surface area (Å²) in [6.45, 7) is 17.8. The molecule has 0 aliphatic carbocycles. The topological polar surface area (TPSA) is 87.5 Å². The van der Waals surface area contributed by atoms with Crippen LogP contribution in [0.1, 0.15) is 60.8 Å². The molecular weight excluding hydrogens is 348 g/mol. The molecule has 0 unspecified atom stereocenters. The molecule has 0 aromatic heterocycles. The van der Waals surface area contributed by atoms with E-state index < -0.39 is 13.9 Å². The lowest BCUT2D eigenvalue weighted by Crippen LogP contribution is -2.45. The molecule has 1 saturated heterocycles. The van der Waals surface area contributed by atoms with Crippen molar-refractivity contribution in [3.63, 3.8) is 0 Å². The van der Waals surface area contributed by atoms with Gasteiger partial charge < -0.3 is 14.1 Å². The molecular formula is C18H36N4O3Si. The molecule has 0 bridgehead atoms. The number of hydrogen-bond donors (Lipinski definition) is 0. The lowest BCUT2D eigenvalue weighted by Gasteiger charge is -2.38. The van der Waals surface area contributed by atoms with Gasteiger partial charge in [0.15, 0.2) is 8.32 Å². The Hall–Kier alpha value is -1.24. The third-order valence-corrected chi connectivity index (χ3v) is 9.67. The maximum atomic E-state index is 12.6. The summed E-state index contributed by atoms with van der Waals surface area (Å²) in [6, 6.07) is 0.0634. The molecule has 1 fully saturated rings. The first-order valence-corrected chi connectivity index (χ1v) is 12.4. The van der Waals surface area contributed by atoms with Crippen LogP contribution in [0.5, 0.6) is 0 Å². The molecule has 1 amide bonds. The van der Waals surface area contributed by atoms with Gasteiger partial charge in [-0.2, -0.15) is 0 Å². The van der Waals surface area contributed by atoms with Gasteiger partial charge in [-0.3, -0.25) is 0 Å². The van der Waals surface area contributed by atoms with Crippen molar-refractivity contribution in [2.24, 2.45) is 5.11 Å². The van der Waals surface area contributed by atoms with Gasteiger partial charge in [-0.05, 0) is 63.7 Å². The van der Waals surface area contributed by atoms with E-state index in [9.17, 15) is 4.79 Å². The first-order chi connectivity index (χ1) is 11.8.